The quantitative estimate of drug-likeness (QED) is 0.419. The van der Waals surface area contributed by atoms with Crippen molar-refractivity contribution in [3.63, 3.8) is 0 Å². The van der Waals surface area contributed by atoms with Crippen LogP contribution >= 0.6 is 0 Å². The molecule has 1 amide bonds. The molecule has 1 saturated heterocycles. The molecule has 0 bridgehead atoms. The van der Waals surface area contributed by atoms with Crippen LogP contribution in [0.15, 0.2) is 24.3 Å². The lowest BCUT2D eigenvalue weighted by Gasteiger charge is -2.59. The number of aliphatic hydroxyl groups excluding tert-OH is 1. The third-order valence-electron chi connectivity index (χ3n) is 14.3. The number of amides is 1. The zero-order chi connectivity index (χ0) is 28.2. The Balaban J connectivity index is 0.00000302. The van der Waals surface area contributed by atoms with Crippen molar-refractivity contribution in [2.75, 3.05) is 6.54 Å². The number of hydrogen-bond donors (Lipinski definition) is 1. The maximum absolute atomic E-state index is 13.5. The molecule has 1 aromatic carbocycles. The number of rotatable bonds is 4. The Labute approximate surface area is 241 Å². The maximum Gasteiger partial charge on any atom is 0.220 e. The van der Waals surface area contributed by atoms with Crippen LogP contribution in [0.2, 0.25) is 0 Å². The van der Waals surface area contributed by atoms with Crippen LogP contribution in [0.5, 0.6) is 0 Å². The number of fused-ring (bicyclic) bond motifs is 4. The molecule has 5 heteroatoms. The van der Waals surface area contributed by atoms with E-state index in [1.807, 2.05) is 11.8 Å². The van der Waals surface area contributed by atoms with Crippen LogP contribution in [0, 0.1) is 51.1 Å². The lowest BCUT2D eigenvalue weighted by atomic mass is 9.46. The van der Waals surface area contributed by atoms with E-state index >= 15 is 0 Å². The van der Waals surface area contributed by atoms with Gasteiger partial charge in [-0.15, -0.1) is 0 Å². The summed E-state index contributed by atoms with van der Waals surface area (Å²) in [6.07, 6.45) is 12.6. The molecule has 9 unspecified atom stereocenters. The molecule has 0 aromatic heterocycles. The number of nitrogens with zero attached hydrogens (tertiary/aromatic N) is 1. The first-order valence-electron chi connectivity index (χ1n) is 16.3. The first-order chi connectivity index (χ1) is 18.9. The van der Waals surface area contributed by atoms with Crippen LogP contribution in [-0.4, -0.2) is 40.8 Å². The first kappa shape index (κ1) is 27.4. The van der Waals surface area contributed by atoms with Gasteiger partial charge in [-0.05, 0) is 134 Å². The molecule has 1 aliphatic heterocycles. The fraction of sp³-hybridized carbons (Fsp3) is 0.800. The average Bonchev–Trinajstić information content (AvgIpc) is 3.50. The lowest BCUT2D eigenvalue weighted by Crippen LogP contribution is -2.54. The summed E-state index contributed by atoms with van der Waals surface area (Å²) in [5.74, 6) is 2.66. The predicted octanol–water partition coefficient (Wildman–Crippen LogP) is 7.55. The number of carbonyl (C=O) groups is 1. The van der Waals surface area contributed by atoms with E-state index in [1.165, 1.54) is 63.5 Å². The van der Waals surface area contributed by atoms with Crippen LogP contribution in [0.25, 0.3) is 0 Å². The number of aliphatic hydroxyl groups is 1. The fourth-order valence-corrected chi connectivity index (χ4v) is 12.1. The topological polar surface area (TPSA) is 49.8 Å². The molecule has 5 saturated carbocycles. The summed E-state index contributed by atoms with van der Waals surface area (Å²) in [6.45, 7) is 11.6. The minimum atomic E-state index is -0.250. The summed E-state index contributed by atoms with van der Waals surface area (Å²) in [5, 5.41) is 10.9. The van der Waals surface area contributed by atoms with Gasteiger partial charge in [-0.3, -0.25) is 4.79 Å². The lowest BCUT2D eigenvalue weighted by molar-refractivity contribution is -0.142. The van der Waals surface area contributed by atoms with Gasteiger partial charge < -0.3 is 14.7 Å². The Kier molecular flexibility index (Phi) is 6.17. The minimum absolute atomic E-state index is 0. The van der Waals surface area contributed by atoms with Gasteiger partial charge in [0.15, 0.2) is 0 Å². The molecule has 5 aliphatic carbocycles. The van der Waals surface area contributed by atoms with Gasteiger partial charge in [-0.1, -0.05) is 32.9 Å². The van der Waals surface area contributed by atoms with Crippen LogP contribution in [0.4, 0.5) is 4.39 Å². The van der Waals surface area contributed by atoms with Crippen molar-refractivity contribution in [1.82, 2.24) is 4.90 Å². The molecule has 2 spiro atoms. The molecule has 1 aromatic rings. The van der Waals surface area contributed by atoms with Crippen molar-refractivity contribution >= 4 is 5.91 Å². The summed E-state index contributed by atoms with van der Waals surface area (Å²) >= 11 is 0. The van der Waals surface area contributed by atoms with Gasteiger partial charge in [-0.2, -0.15) is 0 Å². The van der Waals surface area contributed by atoms with Gasteiger partial charge in [0.25, 0.3) is 0 Å². The van der Waals surface area contributed by atoms with Gasteiger partial charge in [-0.25, -0.2) is 4.39 Å². The summed E-state index contributed by atoms with van der Waals surface area (Å²) < 4.78 is 20.5. The Bertz CT molecular complexity index is 1170. The van der Waals surface area contributed by atoms with Crippen LogP contribution in [0.3, 0.4) is 0 Å². The Morgan fingerprint density at radius 3 is 2.48 bits per heavy atom. The SMILES string of the molecule is CC(=O)N(CC1CCC2C(CC3C4CCC5C(C)(C)[C@@H](O)CCC56C[C@@]46CCC23C)O1)C(C)c1ccc(F)cc1.[HH]. The smallest absolute Gasteiger partial charge is 0.220 e. The first-order valence-corrected chi connectivity index (χ1v) is 16.3. The normalized spacial score (nSPS) is 47.1. The molecule has 1 heterocycles. The second kappa shape index (κ2) is 9.02. The highest BCUT2D eigenvalue weighted by atomic mass is 19.1. The van der Waals surface area contributed by atoms with Crippen LogP contribution < -0.4 is 0 Å². The molecule has 11 atom stereocenters. The van der Waals surface area contributed by atoms with Crippen molar-refractivity contribution in [2.45, 2.75) is 123 Å². The zero-order valence-electron chi connectivity index (χ0n) is 25.3. The molecule has 40 heavy (non-hydrogen) atoms. The van der Waals surface area contributed by atoms with Gasteiger partial charge in [0.1, 0.15) is 5.82 Å². The van der Waals surface area contributed by atoms with Crippen molar-refractivity contribution in [3.05, 3.63) is 35.6 Å². The molecular formula is C35H52FNO3. The summed E-state index contributed by atoms with van der Waals surface area (Å²) in [6, 6.07) is 6.43. The van der Waals surface area contributed by atoms with E-state index in [4.69, 9.17) is 4.74 Å². The summed E-state index contributed by atoms with van der Waals surface area (Å²) in [4.78, 5) is 14.7. The number of halogens is 1. The number of carbonyl (C=O) groups excluding carboxylic acids is 1. The zero-order valence-corrected chi connectivity index (χ0v) is 25.3. The van der Waals surface area contributed by atoms with E-state index in [9.17, 15) is 14.3 Å². The van der Waals surface area contributed by atoms with Crippen molar-refractivity contribution in [1.29, 1.82) is 0 Å². The second-order valence-corrected chi connectivity index (χ2v) is 15.8. The highest BCUT2D eigenvalue weighted by molar-refractivity contribution is 5.73. The van der Waals surface area contributed by atoms with Gasteiger partial charge in [0.2, 0.25) is 5.91 Å². The molecule has 4 nitrogen and oxygen atoms in total. The molecule has 7 rings (SSSR count). The molecule has 6 fully saturated rings. The number of hydrogen-bond acceptors (Lipinski definition) is 3. The highest BCUT2D eigenvalue weighted by Crippen LogP contribution is 2.87. The van der Waals surface area contributed by atoms with E-state index < -0.39 is 0 Å². The Morgan fingerprint density at radius 2 is 1.75 bits per heavy atom. The monoisotopic (exact) mass is 553 g/mol. The largest absolute Gasteiger partial charge is 0.393 e. The fourth-order valence-electron chi connectivity index (χ4n) is 12.1. The van der Waals surface area contributed by atoms with Crippen molar-refractivity contribution < 1.29 is 20.5 Å². The van der Waals surface area contributed by atoms with Gasteiger partial charge >= 0.3 is 0 Å². The van der Waals surface area contributed by atoms with Crippen molar-refractivity contribution in [3.8, 4) is 0 Å². The van der Waals surface area contributed by atoms with Crippen LogP contribution in [0.1, 0.15) is 112 Å². The number of benzene rings is 1. The predicted molar refractivity (Wildman–Crippen MR) is 156 cm³/mol. The standard InChI is InChI=1S/C35H50FNO3.H2/c1-21(23-6-8-24(36)9-7-23)37(22(2)38)19-25-10-11-27-29(40-25)18-28-26-12-13-30-32(3,4)31(39)14-15-35(30)20-34(26,35)17-16-33(27,28)5;/h6-9,21,25-31,39H,10-20H2,1-5H3;1H/t21?,25?,26?,27?,28?,29?,30?,31-,33?,34-,35?;/m0./s1. The minimum Gasteiger partial charge on any atom is -0.393 e. The van der Waals surface area contributed by atoms with E-state index in [-0.39, 0.29) is 36.8 Å². The molecule has 1 N–H and O–H groups in total. The highest BCUT2D eigenvalue weighted by Gasteiger charge is 2.80. The maximum atomic E-state index is 13.5. The van der Waals surface area contributed by atoms with E-state index in [2.05, 4.69) is 20.8 Å². The van der Waals surface area contributed by atoms with Gasteiger partial charge in [0, 0.05) is 14.9 Å². The molecular weight excluding hydrogens is 501 g/mol. The second-order valence-electron chi connectivity index (χ2n) is 15.8. The van der Waals surface area contributed by atoms with Crippen LogP contribution in [-0.2, 0) is 9.53 Å². The van der Waals surface area contributed by atoms with E-state index in [0.717, 1.165) is 30.2 Å². The third-order valence-corrected chi connectivity index (χ3v) is 14.3. The third kappa shape index (κ3) is 3.64. The van der Waals surface area contributed by atoms with Gasteiger partial charge in [0.05, 0.1) is 24.4 Å². The summed E-state index contributed by atoms with van der Waals surface area (Å²) in [7, 11) is 0. The van der Waals surface area contributed by atoms with E-state index in [0.29, 0.717) is 40.7 Å². The van der Waals surface area contributed by atoms with Crippen molar-refractivity contribution in [2.24, 2.45) is 45.3 Å². The molecule has 6 aliphatic rings. The van der Waals surface area contributed by atoms with E-state index in [1.54, 1.807) is 19.1 Å². The number of ether oxygens (including phenoxy) is 1. The Hall–Kier alpha value is -1.46. The Morgan fingerprint density at radius 1 is 1.02 bits per heavy atom. The summed E-state index contributed by atoms with van der Waals surface area (Å²) in [5.41, 5.74) is 2.37. The molecule has 222 valence electrons. The molecule has 0 radical (unpaired) electrons. The average molecular weight is 554 g/mol.